The second-order valence-electron chi connectivity index (χ2n) is 9.09. The van der Waals surface area contributed by atoms with Crippen LogP contribution in [0.25, 0.3) is 0 Å². The van der Waals surface area contributed by atoms with Gasteiger partial charge in [-0.05, 0) is 36.4 Å². The van der Waals surface area contributed by atoms with Crippen molar-refractivity contribution in [3.05, 3.63) is 53.1 Å². The highest BCUT2D eigenvalue weighted by molar-refractivity contribution is 5.94. The van der Waals surface area contributed by atoms with Crippen molar-refractivity contribution in [3.63, 3.8) is 0 Å². The van der Waals surface area contributed by atoms with Gasteiger partial charge in [-0.1, -0.05) is 0 Å². The zero-order valence-electron chi connectivity index (χ0n) is 22.3. The molecule has 18 heteroatoms. The Morgan fingerprint density at radius 2 is 0.844 bits per heavy atom. The molecule has 0 aliphatic carbocycles. The lowest BCUT2D eigenvalue weighted by Crippen LogP contribution is -2.52. The molecule has 18 nitrogen and oxygen atoms in total. The molecule has 4 unspecified atom stereocenters. The van der Waals surface area contributed by atoms with Gasteiger partial charge in [0.1, 0.15) is 6.10 Å². The highest BCUT2D eigenvalue weighted by Crippen LogP contribution is 2.38. The number of aliphatic hydroxyl groups is 2. The quantitative estimate of drug-likeness (QED) is 0.0550. The van der Waals surface area contributed by atoms with Crippen LogP contribution in [0.5, 0.6) is 51.7 Å². The van der Waals surface area contributed by atoms with Crippen molar-refractivity contribution >= 4 is 24.2 Å². The van der Waals surface area contributed by atoms with E-state index in [0.717, 1.165) is 0 Å². The summed E-state index contributed by atoms with van der Waals surface area (Å²) < 4.78 is 15.2. The van der Waals surface area contributed by atoms with Crippen molar-refractivity contribution in [3.8, 4) is 51.7 Å². The third-order valence-corrected chi connectivity index (χ3v) is 5.99. The summed E-state index contributed by atoms with van der Waals surface area (Å²) in [5.74, 6) is -13.8. The van der Waals surface area contributed by atoms with E-state index in [1.54, 1.807) is 0 Å². The number of hydrogen-bond donors (Lipinski definition) is 11. The van der Waals surface area contributed by atoms with Crippen molar-refractivity contribution in [1.82, 2.24) is 0 Å². The van der Waals surface area contributed by atoms with Crippen LogP contribution < -0.4 is 0 Å². The highest BCUT2D eigenvalue weighted by atomic mass is 16.6. The van der Waals surface area contributed by atoms with Crippen LogP contribution in [-0.4, -0.2) is 111 Å². The lowest BCUT2D eigenvalue weighted by Gasteiger charge is -2.32. The fourth-order valence-corrected chi connectivity index (χ4v) is 3.70. The number of hydrogen-bond acceptors (Lipinski definition) is 18. The molecule has 45 heavy (non-hydrogen) atoms. The molecule has 0 bridgehead atoms. The second-order valence-corrected chi connectivity index (χ2v) is 9.09. The maximum Gasteiger partial charge on any atom is 0.339 e. The molecule has 0 spiro atoms. The summed E-state index contributed by atoms with van der Waals surface area (Å²) in [6.45, 7) is -1.27. The Bertz CT molecular complexity index is 1560. The third-order valence-electron chi connectivity index (χ3n) is 5.99. The number of rotatable bonds is 11. The summed E-state index contributed by atoms with van der Waals surface area (Å²) in [7, 11) is 0. The minimum absolute atomic E-state index is 0.190. The molecule has 0 heterocycles. The second kappa shape index (κ2) is 13.4. The van der Waals surface area contributed by atoms with Gasteiger partial charge in [0.15, 0.2) is 76.3 Å². The molecule has 0 amide bonds. The van der Waals surface area contributed by atoms with Crippen LogP contribution in [0.4, 0.5) is 0 Å². The largest absolute Gasteiger partial charge is 0.504 e. The van der Waals surface area contributed by atoms with Gasteiger partial charge in [-0.2, -0.15) is 0 Å². The van der Waals surface area contributed by atoms with Crippen molar-refractivity contribution in [1.29, 1.82) is 0 Å². The summed E-state index contributed by atoms with van der Waals surface area (Å²) in [5.41, 5.74) is -2.08. The normalized spacial score (nSPS) is 13.6. The Morgan fingerprint density at radius 1 is 0.556 bits per heavy atom. The van der Waals surface area contributed by atoms with Crippen LogP contribution in [0.15, 0.2) is 36.4 Å². The first-order valence-corrected chi connectivity index (χ1v) is 12.2. The van der Waals surface area contributed by atoms with Crippen LogP contribution in [0, 0.1) is 0 Å². The predicted molar refractivity (Wildman–Crippen MR) is 141 cm³/mol. The summed E-state index contributed by atoms with van der Waals surface area (Å²) in [6, 6.07) is 3.58. The molecular formula is C27H24O18. The molecule has 0 aliphatic heterocycles. The maximum absolute atomic E-state index is 13.0. The lowest BCUT2D eigenvalue weighted by atomic mass is 10.0. The van der Waals surface area contributed by atoms with Crippen LogP contribution in [-0.2, 0) is 19.0 Å². The number of aliphatic hydroxyl groups excluding tert-OH is 2. The van der Waals surface area contributed by atoms with Crippen LogP contribution >= 0.6 is 0 Å². The molecule has 4 atom stereocenters. The van der Waals surface area contributed by atoms with Gasteiger partial charge in [0.05, 0.1) is 23.3 Å². The molecule has 11 N–H and O–H groups in total. The summed E-state index contributed by atoms with van der Waals surface area (Å²) >= 11 is 0. The fraction of sp³-hybridized carbons (Fsp3) is 0.185. The maximum atomic E-state index is 13.0. The molecule has 0 fully saturated rings. The smallest absolute Gasteiger partial charge is 0.339 e. The summed E-state index contributed by atoms with van der Waals surface area (Å²) in [5, 5.41) is 107. The monoisotopic (exact) mass is 636 g/mol. The topological polar surface area (TPSA) is 318 Å². The molecule has 0 saturated carbocycles. The van der Waals surface area contributed by atoms with Crippen LogP contribution in [0.2, 0.25) is 0 Å². The van der Waals surface area contributed by atoms with Crippen molar-refractivity contribution in [2.75, 3.05) is 6.61 Å². The van der Waals surface area contributed by atoms with E-state index in [9.17, 15) is 75.3 Å². The van der Waals surface area contributed by atoms with E-state index >= 15 is 0 Å². The van der Waals surface area contributed by atoms with Crippen molar-refractivity contribution in [2.24, 2.45) is 0 Å². The lowest BCUT2D eigenvalue weighted by molar-refractivity contribution is -0.141. The predicted octanol–water partition coefficient (Wildman–Crippen LogP) is -0.434. The van der Waals surface area contributed by atoms with E-state index in [1.807, 2.05) is 0 Å². The zero-order valence-corrected chi connectivity index (χ0v) is 22.3. The van der Waals surface area contributed by atoms with E-state index in [0.29, 0.717) is 36.4 Å². The van der Waals surface area contributed by atoms with Gasteiger partial charge in [0.25, 0.3) is 0 Å². The first-order chi connectivity index (χ1) is 21.1. The SMILES string of the molecule is O=CC(OC(=O)c1cc(O)c(O)c(O)c1)C(OC(=O)c1cc(O)c(O)c(O)c1)C(OC(=O)c1cc(O)c(O)c(O)c1)C(O)CO. The van der Waals surface area contributed by atoms with Gasteiger partial charge in [0, 0.05) is 0 Å². The van der Waals surface area contributed by atoms with Gasteiger partial charge in [-0.25, -0.2) is 14.4 Å². The Kier molecular flexibility index (Phi) is 9.97. The first kappa shape index (κ1) is 33.4. The molecule has 3 aromatic carbocycles. The molecule has 0 radical (unpaired) electrons. The number of carbonyl (C=O) groups is 4. The van der Waals surface area contributed by atoms with Crippen molar-refractivity contribution < 1.29 is 89.6 Å². The number of benzene rings is 3. The number of aromatic hydroxyl groups is 9. The molecule has 240 valence electrons. The third kappa shape index (κ3) is 7.27. The number of aldehydes is 1. The number of phenols is 9. The summed E-state index contributed by atoms with van der Waals surface area (Å²) in [6.07, 6.45) is -9.53. The van der Waals surface area contributed by atoms with Crippen LogP contribution in [0.1, 0.15) is 31.1 Å². The van der Waals surface area contributed by atoms with Gasteiger partial charge in [-0.3, -0.25) is 4.79 Å². The minimum Gasteiger partial charge on any atom is -0.504 e. The van der Waals surface area contributed by atoms with Gasteiger partial charge < -0.3 is 70.4 Å². The molecule has 0 aromatic heterocycles. The average molecular weight is 636 g/mol. The minimum atomic E-state index is -2.40. The van der Waals surface area contributed by atoms with E-state index in [-0.39, 0.29) is 6.29 Å². The number of ether oxygens (including phenoxy) is 3. The van der Waals surface area contributed by atoms with Crippen LogP contribution in [0.3, 0.4) is 0 Å². The first-order valence-electron chi connectivity index (χ1n) is 12.2. The number of esters is 3. The Hall–Kier alpha value is -6.14. The Morgan fingerprint density at radius 3 is 1.13 bits per heavy atom. The number of phenolic OH excluding ortho intramolecular Hbond substituents is 9. The molecule has 0 aliphatic rings. The Balaban J connectivity index is 2.08. The fourth-order valence-electron chi connectivity index (χ4n) is 3.70. The van der Waals surface area contributed by atoms with Gasteiger partial charge in [-0.15, -0.1) is 0 Å². The van der Waals surface area contributed by atoms with E-state index in [2.05, 4.69) is 0 Å². The van der Waals surface area contributed by atoms with E-state index in [1.165, 1.54) is 0 Å². The van der Waals surface area contributed by atoms with Crippen molar-refractivity contribution in [2.45, 2.75) is 24.4 Å². The standard InChI is InChI=1S/C27H24O18/c28-7-18(36)23(44-26(41)10-3-14(32)21(38)15(33)4-10)24(45-27(42)11-5-16(34)22(39)17(35)6-11)19(8-29)43-25(40)9-1-12(30)20(37)13(31)2-9/h1-6,8,18-19,23-24,28,30-39H,7H2. The van der Waals surface area contributed by atoms with Gasteiger partial charge in [0.2, 0.25) is 0 Å². The van der Waals surface area contributed by atoms with E-state index < -0.39 is 117 Å². The van der Waals surface area contributed by atoms with E-state index in [4.69, 9.17) is 14.2 Å². The highest BCUT2D eigenvalue weighted by Gasteiger charge is 2.43. The Labute approximate surface area is 250 Å². The van der Waals surface area contributed by atoms with Gasteiger partial charge >= 0.3 is 17.9 Å². The molecule has 3 rings (SSSR count). The average Bonchev–Trinajstić information content (AvgIpc) is 3.00. The molecule has 3 aromatic rings. The molecule has 0 saturated heterocycles. The molecular weight excluding hydrogens is 612 g/mol. The number of carbonyl (C=O) groups excluding carboxylic acids is 4. The zero-order chi connectivity index (χ0) is 33.7. The summed E-state index contributed by atoms with van der Waals surface area (Å²) in [4.78, 5) is 50.9.